The molecule has 2 aromatic carbocycles. The van der Waals surface area contributed by atoms with E-state index in [0.717, 1.165) is 0 Å². The lowest BCUT2D eigenvalue weighted by molar-refractivity contribution is 0.0785. The van der Waals surface area contributed by atoms with Gasteiger partial charge in [-0.1, -0.05) is 12.1 Å². The first-order valence-electron chi connectivity index (χ1n) is 9.99. The van der Waals surface area contributed by atoms with Crippen LogP contribution in [0.15, 0.2) is 36.4 Å². The number of aromatic nitrogens is 2. The number of methoxy groups -OCH3 is 1. The molecule has 4 rings (SSSR count). The van der Waals surface area contributed by atoms with E-state index in [1.54, 1.807) is 28.5 Å². The van der Waals surface area contributed by atoms with Gasteiger partial charge in [0.15, 0.2) is 11.6 Å². The molecule has 0 spiro atoms. The highest BCUT2D eigenvalue weighted by atomic mass is 19.1. The molecule has 0 saturated carbocycles. The van der Waals surface area contributed by atoms with Crippen molar-refractivity contribution in [2.45, 2.75) is 19.4 Å². The number of benzene rings is 2. The third-order valence-electron chi connectivity index (χ3n) is 5.54. The van der Waals surface area contributed by atoms with E-state index >= 15 is 0 Å². The molecule has 32 heavy (non-hydrogen) atoms. The Labute approximate surface area is 183 Å². The number of hydrogen-bond donors (Lipinski definition) is 1. The molecule has 2 N–H and O–H groups in total. The van der Waals surface area contributed by atoms with E-state index in [4.69, 9.17) is 17.0 Å². The number of halogens is 2. The molecule has 0 bridgehead atoms. The lowest BCUT2D eigenvalue weighted by atomic mass is 10.1. The summed E-state index contributed by atoms with van der Waals surface area (Å²) < 4.78 is 35.4. The van der Waals surface area contributed by atoms with Crippen LogP contribution in [0, 0.1) is 25.1 Å². The van der Waals surface area contributed by atoms with Gasteiger partial charge in [-0.15, -0.1) is 0 Å². The maximum absolute atomic E-state index is 14.5. The fourth-order valence-electron chi connectivity index (χ4n) is 3.87. The lowest BCUT2D eigenvalue weighted by Gasteiger charge is -2.15. The monoisotopic (exact) mass is 437 g/mol. The Morgan fingerprint density at radius 3 is 2.62 bits per heavy atom. The number of nitrogens with two attached hydrogens (primary N) is 1. The van der Waals surface area contributed by atoms with Crippen LogP contribution in [0.3, 0.4) is 0 Å². The molecule has 0 aliphatic carbocycles. The maximum Gasteiger partial charge on any atom is 0.274 e. The van der Waals surface area contributed by atoms with E-state index in [0.29, 0.717) is 36.5 Å². The second-order valence-electron chi connectivity index (χ2n) is 7.60. The topological polar surface area (TPSA) is 77.7 Å². The summed E-state index contributed by atoms with van der Waals surface area (Å²) in [6.45, 7) is 9.70. The number of amides is 1. The summed E-state index contributed by atoms with van der Waals surface area (Å²) in [4.78, 5) is 22.5. The number of rotatable bonds is 4. The van der Waals surface area contributed by atoms with Crippen molar-refractivity contribution in [2.75, 3.05) is 20.2 Å². The Bertz CT molecular complexity index is 1250. The Morgan fingerprint density at radius 1 is 1.25 bits per heavy atom. The summed E-state index contributed by atoms with van der Waals surface area (Å²) in [7, 11) is 1.37. The van der Waals surface area contributed by atoms with Crippen molar-refractivity contribution in [3.63, 3.8) is 0 Å². The van der Waals surface area contributed by atoms with E-state index < -0.39 is 11.6 Å². The molecule has 2 heterocycles. The van der Waals surface area contributed by atoms with E-state index in [-0.39, 0.29) is 34.9 Å². The van der Waals surface area contributed by atoms with Crippen molar-refractivity contribution in [3.8, 4) is 22.8 Å². The van der Waals surface area contributed by atoms with Crippen LogP contribution < -0.4 is 10.5 Å². The zero-order valence-corrected chi connectivity index (χ0v) is 17.6. The standard InChI is InChI=1S/C23H21F2N5O2/c1-13-21(23(31)29-9-8-15(26)12-29)28-22(14-4-6-19(27-2)17(24)10-14)30(13)16-5-7-20(32-3)18(25)11-16/h4-7,10-11,15H,8-9,12,26H2,1,3H3/t15-/m1/s1. The van der Waals surface area contributed by atoms with Gasteiger partial charge in [0.2, 0.25) is 5.69 Å². The fourth-order valence-corrected chi connectivity index (χ4v) is 3.87. The zero-order chi connectivity index (χ0) is 23.0. The Kier molecular flexibility index (Phi) is 5.63. The van der Waals surface area contributed by atoms with Crippen molar-refractivity contribution >= 4 is 11.6 Å². The fraction of sp³-hybridized carbons (Fsp3) is 0.261. The minimum absolute atomic E-state index is 0.0721. The quantitative estimate of drug-likeness (QED) is 0.629. The summed E-state index contributed by atoms with van der Waals surface area (Å²) in [6, 6.07) is 8.36. The largest absolute Gasteiger partial charge is 0.494 e. The molecule has 1 fully saturated rings. The van der Waals surface area contributed by atoms with Gasteiger partial charge in [-0.2, -0.15) is 0 Å². The first-order chi connectivity index (χ1) is 15.3. The molecule has 1 saturated heterocycles. The normalized spacial score (nSPS) is 15.6. The minimum atomic E-state index is -0.705. The van der Waals surface area contributed by atoms with Gasteiger partial charge in [0.1, 0.15) is 17.3 Å². The predicted molar refractivity (Wildman–Crippen MR) is 115 cm³/mol. The molecular weight excluding hydrogens is 416 g/mol. The molecule has 1 aliphatic heterocycles. The highest BCUT2D eigenvalue weighted by molar-refractivity contribution is 5.94. The van der Waals surface area contributed by atoms with Gasteiger partial charge in [-0.25, -0.2) is 18.6 Å². The van der Waals surface area contributed by atoms with Crippen LogP contribution in [-0.4, -0.2) is 46.6 Å². The van der Waals surface area contributed by atoms with Crippen LogP contribution in [0.4, 0.5) is 14.5 Å². The van der Waals surface area contributed by atoms with Crippen molar-refractivity contribution in [1.29, 1.82) is 0 Å². The third kappa shape index (κ3) is 3.69. The van der Waals surface area contributed by atoms with Gasteiger partial charge in [0.05, 0.1) is 25.1 Å². The first-order valence-corrected chi connectivity index (χ1v) is 9.99. The molecule has 0 radical (unpaired) electrons. The third-order valence-corrected chi connectivity index (χ3v) is 5.54. The molecule has 1 atom stereocenters. The van der Waals surface area contributed by atoms with E-state index in [1.165, 1.54) is 31.4 Å². The number of likely N-dealkylation sites (tertiary alicyclic amines) is 1. The summed E-state index contributed by atoms with van der Waals surface area (Å²) in [5.74, 6) is -1.25. The Hall–Kier alpha value is -3.77. The molecule has 1 aliphatic rings. The van der Waals surface area contributed by atoms with E-state index in [2.05, 4.69) is 9.83 Å². The summed E-state index contributed by atoms with van der Waals surface area (Å²) in [5, 5.41) is 0. The number of carbonyl (C=O) groups excluding carboxylic acids is 1. The second-order valence-corrected chi connectivity index (χ2v) is 7.60. The predicted octanol–water partition coefficient (Wildman–Crippen LogP) is 3.86. The zero-order valence-electron chi connectivity index (χ0n) is 17.6. The average Bonchev–Trinajstić information content (AvgIpc) is 3.36. The van der Waals surface area contributed by atoms with Crippen LogP contribution >= 0.6 is 0 Å². The van der Waals surface area contributed by atoms with Gasteiger partial charge < -0.3 is 15.4 Å². The lowest BCUT2D eigenvalue weighted by Crippen LogP contribution is -2.32. The van der Waals surface area contributed by atoms with Crippen molar-refractivity contribution in [2.24, 2.45) is 5.73 Å². The molecule has 7 nitrogen and oxygen atoms in total. The van der Waals surface area contributed by atoms with Crippen LogP contribution in [0.2, 0.25) is 0 Å². The van der Waals surface area contributed by atoms with Crippen LogP contribution in [0.25, 0.3) is 21.9 Å². The number of imidazole rings is 1. The molecule has 0 unspecified atom stereocenters. The Balaban J connectivity index is 1.89. The molecule has 3 aromatic rings. The molecule has 1 aromatic heterocycles. The highest BCUT2D eigenvalue weighted by Crippen LogP contribution is 2.32. The summed E-state index contributed by atoms with van der Waals surface area (Å²) in [5.41, 5.74) is 7.23. The second kappa shape index (κ2) is 8.40. The first kappa shape index (κ1) is 21.5. The smallest absolute Gasteiger partial charge is 0.274 e. The van der Waals surface area contributed by atoms with Gasteiger partial charge in [-0.05, 0) is 31.5 Å². The molecule has 9 heteroatoms. The minimum Gasteiger partial charge on any atom is -0.494 e. The van der Waals surface area contributed by atoms with Crippen LogP contribution in [0.1, 0.15) is 22.6 Å². The number of nitrogens with zero attached hydrogens (tertiary/aromatic N) is 4. The number of ether oxygens (including phenoxy) is 1. The van der Waals surface area contributed by atoms with Crippen LogP contribution in [-0.2, 0) is 0 Å². The van der Waals surface area contributed by atoms with Crippen LogP contribution in [0.5, 0.6) is 5.75 Å². The maximum atomic E-state index is 14.5. The van der Waals surface area contributed by atoms with Crippen molar-refractivity contribution in [3.05, 3.63) is 70.8 Å². The summed E-state index contributed by atoms with van der Waals surface area (Å²) in [6.07, 6.45) is 0.700. The summed E-state index contributed by atoms with van der Waals surface area (Å²) >= 11 is 0. The molecular formula is C23H21F2N5O2. The SMILES string of the molecule is [C-]#[N+]c1ccc(-c2nc(C(=O)N3CC[C@@H](N)C3)c(C)n2-c2ccc(OC)c(F)c2)cc1F. The van der Waals surface area contributed by atoms with Gasteiger partial charge in [0.25, 0.3) is 5.91 Å². The van der Waals surface area contributed by atoms with Crippen molar-refractivity contribution < 1.29 is 18.3 Å². The van der Waals surface area contributed by atoms with Crippen molar-refractivity contribution in [1.82, 2.24) is 14.5 Å². The average molecular weight is 437 g/mol. The van der Waals surface area contributed by atoms with Gasteiger partial charge in [0, 0.05) is 30.8 Å². The molecule has 164 valence electrons. The number of carbonyl (C=O) groups is 1. The van der Waals surface area contributed by atoms with E-state index in [1.807, 2.05) is 0 Å². The Morgan fingerprint density at radius 2 is 2.03 bits per heavy atom. The molecule has 1 amide bonds. The van der Waals surface area contributed by atoms with E-state index in [9.17, 15) is 13.6 Å². The number of hydrogen-bond acceptors (Lipinski definition) is 4. The highest BCUT2D eigenvalue weighted by Gasteiger charge is 2.30. The van der Waals surface area contributed by atoms with Gasteiger partial charge in [-0.3, -0.25) is 9.36 Å². The van der Waals surface area contributed by atoms with Gasteiger partial charge >= 0.3 is 0 Å².